The lowest BCUT2D eigenvalue weighted by molar-refractivity contribution is -0.178. The first-order chi connectivity index (χ1) is 13.6. The smallest absolute Gasteiger partial charge is 0.145 e. The fourth-order valence-electron chi connectivity index (χ4n) is 2.94. The first-order valence-corrected chi connectivity index (χ1v) is 10.8. The molecule has 0 aliphatic carbocycles. The van der Waals surface area contributed by atoms with Gasteiger partial charge in [0.25, 0.3) is 0 Å². The van der Waals surface area contributed by atoms with Crippen LogP contribution in [-0.4, -0.2) is 70.6 Å². The van der Waals surface area contributed by atoms with Crippen molar-refractivity contribution in [2.24, 2.45) is 0 Å². The quantitative estimate of drug-likeness (QED) is 0.490. The molecule has 1 aliphatic rings. The Morgan fingerprint density at radius 2 is 2.14 bits per heavy atom. The van der Waals surface area contributed by atoms with Gasteiger partial charge in [0.2, 0.25) is 0 Å². The van der Waals surface area contributed by atoms with Crippen LogP contribution < -0.4 is 0 Å². The van der Waals surface area contributed by atoms with Crippen molar-refractivity contribution >= 4 is 39.0 Å². The van der Waals surface area contributed by atoms with E-state index in [-0.39, 0.29) is 0 Å². The number of aliphatic hydroxyl groups excluding tert-OH is 3. The molecule has 0 saturated carbocycles. The highest BCUT2D eigenvalue weighted by atomic mass is 79.9. The lowest BCUT2D eigenvalue weighted by Crippen LogP contribution is -2.55. The third kappa shape index (κ3) is 3.99. The Kier molecular flexibility index (Phi) is 6.06. The predicted molar refractivity (Wildman–Crippen MR) is 106 cm³/mol. The number of thioether (sulfide) groups is 1. The van der Waals surface area contributed by atoms with Gasteiger partial charge < -0.3 is 20.1 Å². The fraction of sp³-hybridized carbons (Fsp3) is 0.375. The van der Waals surface area contributed by atoms with E-state index in [4.69, 9.17) is 4.74 Å². The van der Waals surface area contributed by atoms with Crippen molar-refractivity contribution in [2.75, 3.05) is 6.61 Å². The minimum absolute atomic E-state index is 0.397. The first-order valence-electron chi connectivity index (χ1n) is 8.28. The number of aromatic nitrogens is 5. The number of pyridine rings is 1. The lowest BCUT2D eigenvalue weighted by atomic mass is 9.97. The Labute approximate surface area is 176 Å². The van der Waals surface area contributed by atoms with Crippen molar-refractivity contribution in [3.05, 3.63) is 40.7 Å². The Morgan fingerprint density at radius 3 is 2.86 bits per heavy atom. The van der Waals surface area contributed by atoms with Gasteiger partial charge in [-0.15, -0.1) is 16.4 Å². The molecule has 1 saturated heterocycles. The van der Waals surface area contributed by atoms with Crippen LogP contribution in [-0.2, 0) is 4.74 Å². The molecule has 148 valence electrons. The Morgan fingerprint density at radius 1 is 1.29 bits per heavy atom. The van der Waals surface area contributed by atoms with Gasteiger partial charge in [0.15, 0.2) is 0 Å². The molecule has 3 aromatic heterocycles. The third-order valence-electron chi connectivity index (χ3n) is 4.25. The van der Waals surface area contributed by atoms with Gasteiger partial charge in [-0.05, 0) is 22.0 Å². The van der Waals surface area contributed by atoms with E-state index in [0.29, 0.717) is 10.7 Å². The van der Waals surface area contributed by atoms with E-state index >= 15 is 0 Å². The molecule has 3 N–H and O–H groups in total. The number of thiazole rings is 1. The molecule has 5 unspecified atom stereocenters. The van der Waals surface area contributed by atoms with Crippen LogP contribution in [0.1, 0.15) is 6.04 Å². The second kappa shape index (κ2) is 8.53. The van der Waals surface area contributed by atoms with E-state index in [2.05, 4.69) is 36.2 Å². The molecule has 3 aromatic rings. The number of halogens is 1. The zero-order valence-corrected chi connectivity index (χ0v) is 17.5. The maximum atomic E-state index is 10.9. The number of hydrogen-bond acceptors (Lipinski definition) is 10. The van der Waals surface area contributed by atoms with Gasteiger partial charge >= 0.3 is 0 Å². The van der Waals surface area contributed by atoms with E-state index in [1.54, 1.807) is 24.8 Å². The number of ether oxygens (including phenoxy) is 1. The molecule has 4 rings (SSSR count). The average Bonchev–Trinajstić information content (AvgIpc) is 3.36. The largest absolute Gasteiger partial charge is 0.394 e. The molecular weight excluding hydrogens is 470 g/mol. The SMILES string of the molecule is OCC1OC(Sc2cncc(Br)c2)C(O)C(n2cc(-c3nccs3)nn2)C1O. The van der Waals surface area contributed by atoms with Crippen molar-refractivity contribution in [2.45, 2.75) is 34.7 Å². The summed E-state index contributed by atoms with van der Waals surface area (Å²) >= 11 is 6.03. The topological polar surface area (TPSA) is 126 Å². The highest BCUT2D eigenvalue weighted by Crippen LogP contribution is 2.38. The second-order valence-electron chi connectivity index (χ2n) is 6.08. The maximum absolute atomic E-state index is 10.9. The second-order valence-corrected chi connectivity index (χ2v) is 9.06. The summed E-state index contributed by atoms with van der Waals surface area (Å²) in [5, 5.41) is 41.9. The van der Waals surface area contributed by atoms with E-state index in [1.165, 1.54) is 27.8 Å². The molecule has 0 spiro atoms. The Balaban J connectivity index is 1.61. The predicted octanol–water partition coefficient (Wildman–Crippen LogP) is 1.33. The van der Waals surface area contributed by atoms with Crippen LogP contribution in [0.2, 0.25) is 0 Å². The first kappa shape index (κ1) is 19.9. The van der Waals surface area contributed by atoms with Crippen LogP contribution in [0.4, 0.5) is 0 Å². The zero-order chi connectivity index (χ0) is 19.7. The van der Waals surface area contributed by atoms with Gasteiger partial charge in [-0.1, -0.05) is 17.0 Å². The number of nitrogens with zero attached hydrogens (tertiary/aromatic N) is 5. The average molecular weight is 486 g/mol. The molecule has 1 fully saturated rings. The highest BCUT2D eigenvalue weighted by molar-refractivity contribution is 9.10. The van der Waals surface area contributed by atoms with Crippen LogP contribution >= 0.6 is 39.0 Å². The summed E-state index contributed by atoms with van der Waals surface area (Å²) in [5.74, 6) is 0. The Hall–Kier alpha value is -1.41. The zero-order valence-electron chi connectivity index (χ0n) is 14.2. The molecule has 28 heavy (non-hydrogen) atoms. The van der Waals surface area contributed by atoms with Gasteiger partial charge in [0, 0.05) is 33.3 Å². The molecule has 4 heterocycles. The standard InChI is InChI=1S/C16H16BrN5O4S2/c17-8-3-9(5-18-4-8)28-16-14(25)12(13(24)11(7-23)26-16)22-6-10(20-21-22)15-19-1-2-27-15/h1-6,11-14,16,23-25H,7H2. The van der Waals surface area contributed by atoms with Gasteiger partial charge in [-0.2, -0.15) is 0 Å². The normalized spacial score (nSPS) is 27.8. The molecular formula is C16H16BrN5O4S2. The van der Waals surface area contributed by atoms with Crippen LogP contribution in [0.15, 0.2) is 45.6 Å². The van der Waals surface area contributed by atoms with Crippen molar-refractivity contribution in [1.82, 2.24) is 25.0 Å². The highest BCUT2D eigenvalue weighted by Gasteiger charge is 2.46. The molecule has 9 nitrogen and oxygen atoms in total. The molecule has 5 atom stereocenters. The van der Waals surface area contributed by atoms with Crippen molar-refractivity contribution in [3.63, 3.8) is 0 Å². The molecule has 0 bridgehead atoms. The number of hydrogen-bond donors (Lipinski definition) is 3. The summed E-state index contributed by atoms with van der Waals surface area (Å²) in [7, 11) is 0. The summed E-state index contributed by atoms with van der Waals surface area (Å²) in [4.78, 5) is 9.06. The molecule has 0 aromatic carbocycles. The summed E-state index contributed by atoms with van der Waals surface area (Å²) in [5.41, 5.74) is -0.198. The monoisotopic (exact) mass is 485 g/mol. The summed E-state index contributed by atoms with van der Waals surface area (Å²) < 4.78 is 7.93. The van der Waals surface area contributed by atoms with E-state index < -0.39 is 36.4 Å². The summed E-state index contributed by atoms with van der Waals surface area (Å²) in [6.45, 7) is -0.397. The molecule has 0 amide bonds. The van der Waals surface area contributed by atoms with Crippen molar-refractivity contribution < 1.29 is 20.1 Å². The van der Waals surface area contributed by atoms with Crippen LogP contribution in [0.3, 0.4) is 0 Å². The van der Waals surface area contributed by atoms with Crippen molar-refractivity contribution in [3.8, 4) is 10.7 Å². The molecule has 0 radical (unpaired) electrons. The molecule has 12 heteroatoms. The van der Waals surface area contributed by atoms with Crippen LogP contribution in [0, 0.1) is 0 Å². The molecule has 1 aliphatic heterocycles. The summed E-state index contributed by atoms with van der Waals surface area (Å²) in [6.07, 6.45) is 3.45. The number of aliphatic hydroxyl groups is 3. The van der Waals surface area contributed by atoms with Gasteiger partial charge in [-0.25, -0.2) is 9.67 Å². The minimum Gasteiger partial charge on any atom is -0.394 e. The van der Waals surface area contributed by atoms with Crippen LogP contribution in [0.5, 0.6) is 0 Å². The van der Waals surface area contributed by atoms with Gasteiger partial charge in [0.05, 0.1) is 12.8 Å². The fourth-order valence-corrected chi connectivity index (χ4v) is 5.13. The lowest BCUT2D eigenvalue weighted by Gasteiger charge is -2.41. The van der Waals surface area contributed by atoms with Crippen molar-refractivity contribution in [1.29, 1.82) is 0 Å². The summed E-state index contributed by atoms with van der Waals surface area (Å²) in [6, 6.07) is 1.00. The Bertz CT molecular complexity index is 927. The van der Waals surface area contributed by atoms with E-state index in [1.807, 2.05) is 11.4 Å². The van der Waals surface area contributed by atoms with E-state index in [9.17, 15) is 15.3 Å². The third-order valence-corrected chi connectivity index (χ3v) is 6.59. The minimum atomic E-state index is -1.16. The van der Waals surface area contributed by atoms with E-state index in [0.717, 1.165) is 9.37 Å². The van der Waals surface area contributed by atoms with Gasteiger partial charge in [-0.3, -0.25) is 4.98 Å². The number of rotatable bonds is 5. The van der Waals surface area contributed by atoms with Crippen LogP contribution in [0.25, 0.3) is 10.7 Å². The maximum Gasteiger partial charge on any atom is 0.145 e. The van der Waals surface area contributed by atoms with Gasteiger partial charge in [0.1, 0.15) is 40.5 Å².